The standard InChI is InChI=1S/C16H26N2S/c1-17-15(13-14-7-6-12-19-14)16(8-2-3-9-16)18-10-4-5-11-18/h6-7,12,15,17H,2-5,8-11,13H2,1H3. The summed E-state index contributed by atoms with van der Waals surface area (Å²) in [5.41, 5.74) is 0.440. The van der Waals surface area contributed by atoms with E-state index < -0.39 is 0 Å². The number of nitrogens with zero attached hydrogens (tertiary/aromatic N) is 1. The molecule has 1 aliphatic carbocycles. The van der Waals surface area contributed by atoms with E-state index >= 15 is 0 Å². The van der Waals surface area contributed by atoms with Crippen LogP contribution in [0, 0.1) is 0 Å². The Balaban J connectivity index is 1.80. The highest BCUT2D eigenvalue weighted by Gasteiger charge is 2.45. The van der Waals surface area contributed by atoms with E-state index in [9.17, 15) is 0 Å². The number of likely N-dealkylation sites (tertiary alicyclic amines) is 1. The lowest BCUT2D eigenvalue weighted by atomic mass is 9.84. The summed E-state index contributed by atoms with van der Waals surface area (Å²) >= 11 is 1.91. The van der Waals surface area contributed by atoms with Crippen molar-refractivity contribution in [3.63, 3.8) is 0 Å². The quantitative estimate of drug-likeness (QED) is 0.889. The van der Waals surface area contributed by atoms with Crippen LogP contribution in [0.1, 0.15) is 43.4 Å². The molecule has 0 aromatic carbocycles. The van der Waals surface area contributed by atoms with Crippen molar-refractivity contribution < 1.29 is 0 Å². The Bertz CT molecular complexity index is 375. The summed E-state index contributed by atoms with van der Waals surface area (Å²) < 4.78 is 0. The van der Waals surface area contributed by atoms with E-state index in [0.29, 0.717) is 11.6 Å². The first-order valence-electron chi connectivity index (χ1n) is 7.80. The van der Waals surface area contributed by atoms with E-state index in [1.54, 1.807) is 0 Å². The number of likely N-dealkylation sites (N-methyl/N-ethyl adjacent to an activating group) is 1. The molecule has 2 nitrogen and oxygen atoms in total. The van der Waals surface area contributed by atoms with Gasteiger partial charge in [0.25, 0.3) is 0 Å². The zero-order valence-corrected chi connectivity index (χ0v) is 12.8. The van der Waals surface area contributed by atoms with Crippen molar-refractivity contribution in [1.82, 2.24) is 10.2 Å². The zero-order chi connectivity index (χ0) is 13.1. The van der Waals surface area contributed by atoms with Gasteiger partial charge < -0.3 is 5.32 Å². The molecule has 1 aromatic heterocycles. The summed E-state index contributed by atoms with van der Waals surface area (Å²) in [6.07, 6.45) is 9.62. The lowest BCUT2D eigenvalue weighted by molar-refractivity contribution is 0.0801. The lowest BCUT2D eigenvalue weighted by Gasteiger charge is -2.45. The molecule has 0 radical (unpaired) electrons. The summed E-state index contributed by atoms with van der Waals surface area (Å²) in [4.78, 5) is 4.35. The van der Waals surface area contributed by atoms with E-state index in [2.05, 4.69) is 34.8 Å². The predicted molar refractivity (Wildman–Crippen MR) is 82.9 cm³/mol. The maximum absolute atomic E-state index is 3.66. The molecule has 106 valence electrons. The monoisotopic (exact) mass is 278 g/mol. The van der Waals surface area contributed by atoms with Gasteiger partial charge in [-0.2, -0.15) is 0 Å². The third-order valence-electron chi connectivity index (χ3n) is 5.19. The van der Waals surface area contributed by atoms with Gasteiger partial charge in [-0.15, -0.1) is 11.3 Å². The summed E-state index contributed by atoms with van der Waals surface area (Å²) in [6.45, 7) is 2.64. The third-order valence-corrected chi connectivity index (χ3v) is 6.09. The number of nitrogens with one attached hydrogen (secondary N) is 1. The molecule has 1 aromatic rings. The second kappa shape index (κ2) is 5.94. The number of hydrogen-bond acceptors (Lipinski definition) is 3. The Morgan fingerprint density at radius 3 is 2.58 bits per heavy atom. The van der Waals surface area contributed by atoms with E-state index in [4.69, 9.17) is 0 Å². The minimum atomic E-state index is 0.440. The Morgan fingerprint density at radius 2 is 2.00 bits per heavy atom. The second-order valence-corrected chi connectivity index (χ2v) is 7.16. The van der Waals surface area contributed by atoms with Gasteiger partial charge in [-0.1, -0.05) is 18.9 Å². The van der Waals surface area contributed by atoms with Crippen LogP contribution in [0.4, 0.5) is 0 Å². The van der Waals surface area contributed by atoms with Crippen molar-refractivity contribution in [3.8, 4) is 0 Å². The Hall–Kier alpha value is -0.380. The minimum Gasteiger partial charge on any atom is -0.315 e. The van der Waals surface area contributed by atoms with Gasteiger partial charge in [0, 0.05) is 16.5 Å². The molecule has 1 aliphatic heterocycles. The smallest absolute Gasteiger partial charge is 0.0365 e. The first-order chi connectivity index (χ1) is 9.35. The van der Waals surface area contributed by atoms with Crippen molar-refractivity contribution in [2.75, 3.05) is 20.1 Å². The van der Waals surface area contributed by atoms with Gasteiger partial charge in [-0.3, -0.25) is 4.90 Å². The Kier molecular flexibility index (Phi) is 4.25. The van der Waals surface area contributed by atoms with Crippen LogP contribution in [0.25, 0.3) is 0 Å². The molecule has 2 fully saturated rings. The molecule has 3 heteroatoms. The molecule has 0 bridgehead atoms. The maximum atomic E-state index is 3.66. The highest BCUT2D eigenvalue weighted by Crippen LogP contribution is 2.41. The van der Waals surface area contributed by atoms with Crippen LogP contribution in [0.15, 0.2) is 17.5 Å². The van der Waals surface area contributed by atoms with Gasteiger partial charge in [-0.25, -0.2) is 0 Å². The average Bonchev–Trinajstić information content (AvgIpc) is 3.15. The van der Waals surface area contributed by atoms with Crippen molar-refractivity contribution in [2.45, 2.75) is 56.5 Å². The van der Waals surface area contributed by atoms with E-state index in [-0.39, 0.29) is 0 Å². The number of hydrogen-bond donors (Lipinski definition) is 1. The summed E-state index contributed by atoms with van der Waals surface area (Å²) in [5.74, 6) is 0. The summed E-state index contributed by atoms with van der Waals surface area (Å²) in [6, 6.07) is 5.10. The van der Waals surface area contributed by atoms with Crippen LogP contribution in [-0.4, -0.2) is 36.6 Å². The molecule has 1 unspecified atom stereocenters. The highest BCUT2D eigenvalue weighted by atomic mass is 32.1. The van der Waals surface area contributed by atoms with Gasteiger partial charge in [0.05, 0.1) is 0 Å². The fraction of sp³-hybridized carbons (Fsp3) is 0.750. The van der Waals surface area contributed by atoms with Crippen LogP contribution in [0.5, 0.6) is 0 Å². The molecule has 2 heterocycles. The van der Waals surface area contributed by atoms with Gasteiger partial charge in [0.2, 0.25) is 0 Å². The molecule has 0 amide bonds. The van der Waals surface area contributed by atoms with Crippen LogP contribution in [0.2, 0.25) is 0 Å². The third kappa shape index (κ3) is 2.61. The van der Waals surface area contributed by atoms with Crippen LogP contribution < -0.4 is 5.32 Å². The van der Waals surface area contributed by atoms with Crippen molar-refractivity contribution in [1.29, 1.82) is 0 Å². The van der Waals surface area contributed by atoms with Gasteiger partial charge in [0.15, 0.2) is 0 Å². The molecule has 2 aliphatic rings. The average molecular weight is 278 g/mol. The summed E-state index contributed by atoms with van der Waals surface area (Å²) in [5, 5.41) is 5.87. The SMILES string of the molecule is CNC(Cc1cccs1)C1(N2CCCC2)CCCC1. The molecule has 1 atom stereocenters. The van der Waals surface area contributed by atoms with E-state index in [0.717, 1.165) is 0 Å². The second-order valence-electron chi connectivity index (χ2n) is 6.13. The Morgan fingerprint density at radius 1 is 1.26 bits per heavy atom. The minimum absolute atomic E-state index is 0.440. The zero-order valence-electron chi connectivity index (χ0n) is 12.0. The molecule has 1 saturated heterocycles. The molecule has 0 spiro atoms. The largest absolute Gasteiger partial charge is 0.315 e. The number of rotatable bonds is 5. The fourth-order valence-corrected chi connectivity index (χ4v) is 4.98. The molecular weight excluding hydrogens is 252 g/mol. The van der Waals surface area contributed by atoms with Gasteiger partial charge >= 0.3 is 0 Å². The predicted octanol–water partition coefficient (Wildman–Crippen LogP) is 3.29. The van der Waals surface area contributed by atoms with Crippen LogP contribution >= 0.6 is 11.3 Å². The van der Waals surface area contributed by atoms with E-state index in [1.165, 1.54) is 62.9 Å². The molecule has 1 saturated carbocycles. The number of thiophene rings is 1. The van der Waals surface area contributed by atoms with Crippen molar-refractivity contribution in [2.24, 2.45) is 0 Å². The van der Waals surface area contributed by atoms with Crippen LogP contribution in [0.3, 0.4) is 0 Å². The van der Waals surface area contributed by atoms with Gasteiger partial charge in [0.1, 0.15) is 0 Å². The normalized spacial score (nSPS) is 24.9. The topological polar surface area (TPSA) is 15.3 Å². The van der Waals surface area contributed by atoms with Crippen molar-refractivity contribution >= 4 is 11.3 Å². The maximum Gasteiger partial charge on any atom is 0.0365 e. The lowest BCUT2D eigenvalue weighted by Crippen LogP contribution is -2.59. The van der Waals surface area contributed by atoms with Crippen LogP contribution in [-0.2, 0) is 6.42 Å². The molecular formula is C16H26N2S. The Labute approximate surface area is 121 Å². The fourth-order valence-electron chi connectivity index (χ4n) is 4.23. The highest BCUT2D eigenvalue weighted by molar-refractivity contribution is 7.09. The van der Waals surface area contributed by atoms with Crippen molar-refractivity contribution in [3.05, 3.63) is 22.4 Å². The molecule has 3 rings (SSSR count). The molecule has 19 heavy (non-hydrogen) atoms. The first-order valence-corrected chi connectivity index (χ1v) is 8.68. The van der Waals surface area contributed by atoms with E-state index in [1.807, 2.05) is 11.3 Å². The van der Waals surface area contributed by atoms with Gasteiger partial charge in [-0.05, 0) is 63.7 Å². The molecule has 1 N–H and O–H groups in total. The summed E-state index contributed by atoms with van der Waals surface area (Å²) in [7, 11) is 2.16. The first kappa shape index (κ1) is 13.6.